The van der Waals surface area contributed by atoms with Crippen LogP contribution in [0.2, 0.25) is 0 Å². The Hall–Kier alpha value is -1.54. The van der Waals surface area contributed by atoms with Gasteiger partial charge in [0.05, 0.1) is 0 Å². The summed E-state index contributed by atoms with van der Waals surface area (Å²) in [4.78, 5) is 0. The van der Waals surface area contributed by atoms with Crippen molar-refractivity contribution >= 4 is 0 Å². The molecule has 1 N–H and O–H groups in total. The third kappa shape index (κ3) is 2.52. The fraction of sp³-hybridized carbons (Fsp3) is 0.286. The van der Waals surface area contributed by atoms with Crippen molar-refractivity contribution in [2.45, 2.75) is 19.8 Å². The molecule has 2 rings (SSSR count). The molecule has 0 spiro atoms. The molecular formula is C14H16O2. The Kier molecular flexibility index (Phi) is 3.42. The normalized spacial score (nSPS) is 10.6. The van der Waals surface area contributed by atoms with E-state index in [2.05, 4.69) is 12.1 Å². The molecule has 16 heavy (non-hydrogen) atoms. The summed E-state index contributed by atoms with van der Waals surface area (Å²) >= 11 is 0. The number of hydrogen-bond donors (Lipinski definition) is 1. The van der Waals surface area contributed by atoms with Crippen LogP contribution in [-0.4, -0.2) is 11.7 Å². The molecule has 1 heterocycles. The summed E-state index contributed by atoms with van der Waals surface area (Å²) in [5.74, 6) is 1.83. The maximum Gasteiger partial charge on any atom is 0.134 e. The molecule has 0 aliphatic rings. The van der Waals surface area contributed by atoms with Crippen molar-refractivity contribution in [3.8, 4) is 11.3 Å². The van der Waals surface area contributed by atoms with Gasteiger partial charge in [0.2, 0.25) is 0 Å². The van der Waals surface area contributed by atoms with Crippen molar-refractivity contribution in [1.29, 1.82) is 0 Å². The minimum Gasteiger partial charge on any atom is -0.461 e. The molecule has 0 saturated heterocycles. The summed E-state index contributed by atoms with van der Waals surface area (Å²) in [7, 11) is 0. The zero-order valence-corrected chi connectivity index (χ0v) is 9.44. The van der Waals surface area contributed by atoms with E-state index in [0.717, 1.165) is 29.9 Å². The van der Waals surface area contributed by atoms with Gasteiger partial charge in [-0.2, -0.15) is 0 Å². The van der Waals surface area contributed by atoms with Gasteiger partial charge in [-0.3, -0.25) is 0 Å². The second-order valence-electron chi connectivity index (χ2n) is 3.94. The van der Waals surface area contributed by atoms with Crippen LogP contribution in [0.15, 0.2) is 40.8 Å². The first-order valence-corrected chi connectivity index (χ1v) is 5.56. The van der Waals surface area contributed by atoms with E-state index in [1.165, 1.54) is 5.56 Å². The van der Waals surface area contributed by atoms with Crippen molar-refractivity contribution in [2.75, 3.05) is 6.61 Å². The molecule has 0 fully saturated rings. The summed E-state index contributed by atoms with van der Waals surface area (Å²) in [5.41, 5.74) is 2.34. The van der Waals surface area contributed by atoms with Gasteiger partial charge in [0.15, 0.2) is 0 Å². The molecule has 1 aromatic carbocycles. The zero-order valence-electron chi connectivity index (χ0n) is 9.44. The fourth-order valence-electron chi connectivity index (χ4n) is 1.75. The first-order valence-electron chi connectivity index (χ1n) is 5.56. The predicted octanol–water partition coefficient (Wildman–Crippen LogP) is 3.18. The molecule has 0 aliphatic heterocycles. The standard InChI is InChI=1S/C14H16O2/c1-11-7-8-14(16-11)13-6-2-4-12(10-13)5-3-9-15/h2,4,6-8,10,15H,3,5,9H2,1H3. The average molecular weight is 216 g/mol. The van der Waals surface area contributed by atoms with Crippen LogP contribution in [0.3, 0.4) is 0 Å². The molecule has 0 amide bonds. The highest BCUT2D eigenvalue weighted by atomic mass is 16.3. The van der Waals surface area contributed by atoms with Crippen LogP contribution in [-0.2, 0) is 6.42 Å². The van der Waals surface area contributed by atoms with Gasteiger partial charge in [0.1, 0.15) is 11.5 Å². The molecule has 0 atom stereocenters. The zero-order chi connectivity index (χ0) is 11.4. The van der Waals surface area contributed by atoms with Gasteiger partial charge in [-0.05, 0) is 43.5 Å². The third-order valence-electron chi connectivity index (χ3n) is 2.58. The van der Waals surface area contributed by atoms with Crippen molar-refractivity contribution < 1.29 is 9.52 Å². The van der Waals surface area contributed by atoms with E-state index in [9.17, 15) is 0 Å². The van der Waals surface area contributed by atoms with E-state index in [0.29, 0.717) is 0 Å². The lowest BCUT2D eigenvalue weighted by molar-refractivity contribution is 0.288. The van der Waals surface area contributed by atoms with Crippen molar-refractivity contribution in [2.24, 2.45) is 0 Å². The lowest BCUT2D eigenvalue weighted by Gasteiger charge is -2.02. The molecule has 0 radical (unpaired) electrons. The highest BCUT2D eigenvalue weighted by molar-refractivity contribution is 5.58. The number of aliphatic hydroxyl groups is 1. The minimum absolute atomic E-state index is 0.240. The van der Waals surface area contributed by atoms with E-state index in [4.69, 9.17) is 9.52 Å². The van der Waals surface area contributed by atoms with Gasteiger partial charge in [0.25, 0.3) is 0 Å². The molecular weight excluding hydrogens is 200 g/mol. The number of aliphatic hydroxyl groups excluding tert-OH is 1. The summed E-state index contributed by atoms with van der Waals surface area (Å²) in [6, 6.07) is 12.2. The summed E-state index contributed by atoms with van der Waals surface area (Å²) in [6.07, 6.45) is 1.71. The van der Waals surface area contributed by atoms with E-state index in [-0.39, 0.29) is 6.61 Å². The molecule has 84 valence electrons. The molecule has 0 saturated carbocycles. The first kappa shape index (κ1) is 11.0. The number of hydrogen-bond acceptors (Lipinski definition) is 2. The predicted molar refractivity (Wildman–Crippen MR) is 64.3 cm³/mol. The quantitative estimate of drug-likeness (QED) is 0.851. The highest BCUT2D eigenvalue weighted by Crippen LogP contribution is 2.23. The molecule has 0 unspecified atom stereocenters. The number of furan rings is 1. The van der Waals surface area contributed by atoms with Crippen LogP contribution in [0.25, 0.3) is 11.3 Å². The van der Waals surface area contributed by atoms with Crippen molar-refractivity contribution in [3.63, 3.8) is 0 Å². The third-order valence-corrected chi connectivity index (χ3v) is 2.58. The smallest absolute Gasteiger partial charge is 0.134 e. The van der Waals surface area contributed by atoms with Gasteiger partial charge < -0.3 is 9.52 Å². The minimum atomic E-state index is 0.240. The highest BCUT2D eigenvalue weighted by Gasteiger charge is 2.03. The second-order valence-corrected chi connectivity index (χ2v) is 3.94. The van der Waals surface area contributed by atoms with Crippen LogP contribution in [0.5, 0.6) is 0 Å². The van der Waals surface area contributed by atoms with E-state index in [1.807, 2.05) is 31.2 Å². The Balaban J connectivity index is 2.22. The van der Waals surface area contributed by atoms with Gasteiger partial charge in [0, 0.05) is 12.2 Å². The lowest BCUT2D eigenvalue weighted by atomic mass is 10.1. The van der Waals surface area contributed by atoms with Crippen LogP contribution in [0.4, 0.5) is 0 Å². The molecule has 0 bridgehead atoms. The lowest BCUT2D eigenvalue weighted by Crippen LogP contribution is -1.89. The largest absolute Gasteiger partial charge is 0.461 e. The maximum atomic E-state index is 8.80. The second kappa shape index (κ2) is 4.99. The molecule has 0 aliphatic carbocycles. The van der Waals surface area contributed by atoms with Crippen molar-refractivity contribution in [3.05, 3.63) is 47.7 Å². The van der Waals surface area contributed by atoms with E-state index >= 15 is 0 Å². The van der Waals surface area contributed by atoms with Crippen LogP contribution >= 0.6 is 0 Å². The number of benzene rings is 1. The topological polar surface area (TPSA) is 33.4 Å². The molecule has 2 aromatic rings. The molecule has 2 nitrogen and oxygen atoms in total. The SMILES string of the molecule is Cc1ccc(-c2cccc(CCCO)c2)o1. The van der Waals surface area contributed by atoms with Gasteiger partial charge in [-0.15, -0.1) is 0 Å². The Morgan fingerprint density at radius 1 is 1.19 bits per heavy atom. The number of aryl methyl sites for hydroxylation is 2. The fourth-order valence-corrected chi connectivity index (χ4v) is 1.75. The average Bonchev–Trinajstić information content (AvgIpc) is 2.74. The van der Waals surface area contributed by atoms with Crippen LogP contribution in [0, 0.1) is 6.92 Å². The van der Waals surface area contributed by atoms with Crippen molar-refractivity contribution in [1.82, 2.24) is 0 Å². The van der Waals surface area contributed by atoms with Gasteiger partial charge >= 0.3 is 0 Å². The Bertz CT molecular complexity index is 457. The Morgan fingerprint density at radius 2 is 2.06 bits per heavy atom. The molecule has 2 heteroatoms. The first-order chi connectivity index (χ1) is 7.79. The Morgan fingerprint density at radius 3 is 2.75 bits per heavy atom. The summed E-state index contributed by atoms with van der Waals surface area (Å²) < 4.78 is 5.58. The molecule has 1 aromatic heterocycles. The summed E-state index contributed by atoms with van der Waals surface area (Å²) in [6.45, 7) is 2.18. The van der Waals surface area contributed by atoms with Gasteiger partial charge in [-0.25, -0.2) is 0 Å². The van der Waals surface area contributed by atoms with Crippen LogP contribution in [0.1, 0.15) is 17.7 Å². The Labute approximate surface area is 95.5 Å². The van der Waals surface area contributed by atoms with E-state index in [1.54, 1.807) is 0 Å². The summed E-state index contributed by atoms with van der Waals surface area (Å²) in [5, 5.41) is 8.80. The van der Waals surface area contributed by atoms with Gasteiger partial charge in [-0.1, -0.05) is 18.2 Å². The van der Waals surface area contributed by atoms with Crippen LogP contribution < -0.4 is 0 Å². The monoisotopic (exact) mass is 216 g/mol. The number of rotatable bonds is 4. The maximum absolute atomic E-state index is 8.80. The van der Waals surface area contributed by atoms with E-state index < -0.39 is 0 Å².